The zero-order valence-corrected chi connectivity index (χ0v) is 8.71. The molecule has 2 aliphatic rings. The molecule has 2 heteroatoms. The van der Waals surface area contributed by atoms with Gasteiger partial charge in [0.1, 0.15) is 0 Å². The first-order chi connectivity index (χ1) is 6.16. The summed E-state index contributed by atoms with van der Waals surface area (Å²) in [5.74, 6) is 3.11. The van der Waals surface area contributed by atoms with Gasteiger partial charge in [-0.2, -0.15) is 0 Å². The molecular weight excluding hydrogens is 160 g/mol. The Balaban J connectivity index is 1.93. The number of hydrogen-bond donors (Lipinski definition) is 1. The van der Waals surface area contributed by atoms with Crippen molar-refractivity contribution >= 4 is 5.84 Å². The molecule has 2 rings (SSSR count). The monoisotopic (exact) mass is 180 g/mol. The largest absolute Gasteiger partial charge is 0.360 e. The Bertz CT molecular complexity index is 198. The SMILES string of the molecule is CC1CC(C)CN(C(=N)C2CC2)C1. The molecule has 2 atom stereocenters. The van der Waals surface area contributed by atoms with Crippen LogP contribution < -0.4 is 0 Å². The molecule has 0 aromatic carbocycles. The lowest BCUT2D eigenvalue weighted by atomic mass is 9.91. The molecule has 0 radical (unpaired) electrons. The number of piperidine rings is 1. The summed E-state index contributed by atoms with van der Waals surface area (Å²) in [5, 5.41) is 8.01. The Morgan fingerprint density at radius 3 is 2.15 bits per heavy atom. The van der Waals surface area contributed by atoms with Gasteiger partial charge < -0.3 is 4.90 Å². The van der Waals surface area contributed by atoms with Crippen LogP contribution >= 0.6 is 0 Å². The van der Waals surface area contributed by atoms with E-state index >= 15 is 0 Å². The predicted octanol–water partition coefficient (Wildman–Crippen LogP) is 2.35. The van der Waals surface area contributed by atoms with E-state index in [4.69, 9.17) is 5.41 Å². The van der Waals surface area contributed by atoms with Crippen molar-refractivity contribution in [2.45, 2.75) is 33.1 Å². The molecule has 0 spiro atoms. The van der Waals surface area contributed by atoms with E-state index in [1.54, 1.807) is 0 Å². The first-order valence-corrected chi connectivity index (χ1v) is 5.50. The standard InChI is InChI=1S/C11H20N2/c1-8-5-9(2)7-13(6-8)11(12)10-3-4-10/h8-10,12H,3-7H2,1-2H3. The zero-order chi connectivity index (χ0) is 9.42. The molecule has 0 bridgehead atoms. The summed E-state index contributed by atoms with van der Waals surface area (Å²) in [7, 11) is 0. The summed E-state index contributed by atoms with van der Waals surface area (Å²) in [6, 6.07) is 0. The number of hydrogen-bond acceptors (Lipinski definition) is 1. The van der Waals surface area contributed by atoms with Crippen molar-refractivity contribution in [2.75, 3.05) is 13.1 Å². The van der Waals surface area contributed by atoms with Gasteiger partial charge in [-0.15, -0.1) is 0 Å². The highest BCUT2D eigenvalue weighted by Gasteiger charge is 2.32. The Labute approximate surface area is 80.8 Å². The molecule has 1 heterocycles. The Kier molecular flexibility index (Phi) is 2.31. The average Bonchev–Trinajstić information content (AvgIpc) is 2.83. The summed E-state index contributed by atoms with van der Waals surface area (Å²) >= 11 is 0. The normalized spacial score (nSPS) is 34.8. The van der Waals surface area contributed by atoms with Crippen molar-refractivity contribution in [1.82, 2.24) is 4.90 Å². The second-order valence-electron chi connectivity index (χ2n) is 5.01. The third kappa shape index (κ3) is 2.04. The van der Waals surface area contributed by atoms with Gasteiger partial charge in [-0.1, -0.05) is 13.8 Å². The zero-order valence-electron chi connectivity index (χ0n) is 8.71. The van der Waals surface area contributed by atoms with Crippen LogP contribution in [-0.4, -0.2) is 23.8 Å². The van der Waals surface area contributed by atoms with Crippen molar-refractivity contribution in [2.24, 2.45) is 17.8 Å². The maximum absolute atomic E-state index is 8.01. The van der Waals surface area contributed by atoms with E-state index in [9.17, 15) is 0 Å². The molecule has 2 nitrogen and oxygen atoms in total. The third-order valence-corrected chi connectivity index (χ3v) is 3.17. The second-order valence-corrected chi connectivity index (χ2v) is 5.01. The summed E-state index contributed by atoms with van der Waals surface area (Å²) in [6.07, 6.45) is 3.87. The summed E-state index contributed by atoms with van der Waals surface area (Å²) in [4.78, 5) is 2.32. The van der Waals surface area contributed by atoms with E-state index in [0.717, 1.165) is 30.8 Å². The van der Waals surface area contributed by atoms with Gasteiger partial charge in [0, 0.05) is 19.0 Å². The van der Waals surface area contributed by atoms with E-state index in [2.05, 4.69) is 18.7 Å². The van der Waals surface area contributed by atoms with Gasteiger partial charge in [0.05, 0.1) is 5.84 Å². The van der Waals surface area contributed by atoms with Crippen molar-refractivity contribution in [3.8, 4) is 0 Å². The molecular formula is C11H20N2. The van der Waals surface area contributed by atoms with Crippen LogP contribution in [0.25, 0.3) is 0 Å². The van der Waals surface area contributed by atoms with E-state index in [1.807, 2.05) is 0 Å². The van der Waals surface area contributed by atoms with E-state index < -0.39 is 0 Å². The molecule has 1 saturated carbocycles. The topological polar surface area (TPSA) is 27.1 Å². The number of likely N-dealkylation sites (tertiary alicyclic amines) is 1. The fourth-order valence-corrected chi connectivity index (χ4v) is 2.47. The summed E-state index contributed by atoms with van der Waals surface area (Å²) in [6.45, 7) is 6.87. The highest BCUT2D eigenvalue weighted by atomic mass is 15.2. The lowest BCUT2D eigenvalue weighted by Crippen LogP contribution is -2.42. The first-order valence-electron chi connectivity index (χ1n) is 5.50. The molecule has 0 aromatic heterocycles. The van der Waals surface area contributed by atoms with Crippen LogP contribution in [-0.2, 0) is 0 Å². The molecule has 0 amide bonds. The van der Waals surface area contributed by atoms with Gasteiger partial charge >= 0.3 is 0 Å². The molecule has 2 fully saturated rings. The molecule has 0 aromatic rings. The van der Waals surface area contributed by atoms with Crippen LogP contribution in [0.5, 0.6) is 0 Å². The summed E-state index contributed by atoms with van der Waals surface area (Å²) in [5.41, 5.74) is 0. The van der Waals surface area contributed by atoms with Crippen molar-refractivity contribution in [3.05, 3.63) is 0 Å². The predicted molar refractivity (Wildman–Crippen MR) is 55.0 cm³/mol. The minimum atomic E-state index is 0.623. The lowest BCUT2D eigenvalue weighted by molar-refractivity contribution is 0.209. The van der Waals surface area contributed by atoms with Gasteiger partial charge in [0.25, 0.3) is 0 Å². The molecule has 1 N–H and O–H groups in total. The number of rotatable bonds is 1. The minimum Gasteiger partial charge on any atom is -0.360 e. The van der Waals surface area contributed by atoms with Crippen LogP contribution in [0.1, 0.15) is 33.1 Å². The summed E-state index contributed by atoms with van der Waals surface area (Å²) < 4.78 is 0. The minimum absolute atomic E-state index is 0.623. The van der Waals surface area contributed by atoms with Crippen LogP contribution in [0.4, 0.5) is 0 Å². The van der Waals surface area contributed by atoms with Crippen LogP contribution in [0.15, 0.2) is 0 Å². The van der Waals surface area contributed by atoms with Crippen LogP contribution in [0.3, 0.4) is 0 Å². The maximum Gasteiger partial charge on any atom is 0.0989 e. The van der Waals surface area contributed by atoms with Gasteiger partial charge in [-0.25, -0.2) is 0 Å². The third-order valence-electron chi connectivity index (χ3n) is 3.17. The van der Waals surface area contributed by atoms with Gasteiger partial charge in [-0.3, -0.25) is 5.41 Å². The molecule has 74 valence electrons. The Morgan fingerprint density at radius 2 is 1.69 bits per heavy atom. The maximum atomic E-state index is 8.01. The Hall–Kier alpha value is -0.530. The van der Waals surface area contributed by atoms with Gasteiger partial charge in [-0.05, 0) is 31.1 Å². The number of nitrogens with zero attached hydrogens (tertiary/aromatic N) is 1. The van der Waals surface area contributed by atoms with E-state index in [-0.39, 0.29) is 0 Å². The van der Waals surface area contributed by atoms with Crippen molar-refractivity contribution in [1.29, 1.82) is 5.41 Å². The highest BCUT2D eigenvalue weighted by molar-refractivity contribution is 5.83. The van der Waals surface area contributed by atoms with E-state index in [1.165, 1.54) is 19.3 Å². The highest BCUT2D eigenvalue weighted by Crippen LogP contribution is 2.33. The fraction of sp³-hybridized carbons (Fsp3) is 0.909. The van der Waals surface area contributed by atoms with Crippen LogP contribution in [0, 0.1) is 23.2 Å². The van der Waals surface area contributed by atoms with Crippen molar-refractivity contribution in [3.63, 3.8) is 0 Å². The smallest absolute Gasteiger partial charge is 0.0989 e. The average molecular weight is 180 g/mol. The molecule has 1 saturated heterocycles. The first kappa shape index (κ1) is 9.04. The van der Waals surface area contributed by atoms with Crippen LogP contribution in [0.2, 0.25) is 0 Å². The quantitative estimate of drug-likeness (QED) is 0.486. The molecule has 13 heavy (non-hydrogen) atoms. The molecule has 1 aliphatic carbocycles. The Morgan fingerprint density at radius 1 is 1.15 bits per heavy atom. The second kappa shape index (κ2) is 3.32. The number of nitrogens with one attached hydrogen (secondary N) is 1. The molecule has 2 unspecified atom stereocenters. The number of amidine groups is 1. The van der Waals surface area contributed by atoms with Gasteiger partial charge in [0.15, 0.2) is 0 Å². The lowest BCUT2D eigenvalue weighted by Gasteiger charge is -2.36. The van der Waals surface area contributed by atoms with Gasteiger partial charge in [0.2, 0.25) is 0 Å². The van der Waals surface area contributed by atoms with Crippen molar-refractivity contribution < 1.29 is 0 Å². The molecule has 1 aliphatic heterocycles. The van der Waals surface area contributed by atoms with E-state index in [0.29, 0.717) is 5.92 Å². The fourth-order valence-electron chi connectivity index (χ4n) is 2.47.